The standard InChI is InChI=1S/C32H34N4O5/c1-4-41-29(38)18-27(22-10-6-5-7-11-22)36-28-17-23(31(39)33-15-16-37)13-14-26(28)35(32(36)40)21(3)24-19-34-25-12-8-9-20(2)30(24)25/h5-14,17,19,21,27,34,37H,4,15-16,18H2,1-3H3,(H,33,39)/t21?,27-/m1/s1. The van der Waals surface area contributed by atoms with Gasteiger partial charge in [-0.3, -0.25) is 18.7 Å². The lowest BCUT2D eigenvalue weighted by atomic mass is 10.0. The lowest BCUT2D eigenvalue weighted by molar-refractivity contribution is -0.143. The lowest BCUT2D eigenvalue weighted by Crippen LogP contribution is -2.31. The molecule has 1 amide bonds. The van der Waals surface area contributed by atoms with Crippen LogP contribution in [0.2, 0.25) is 0 Å². The molecule has 2 atom stereocenters. The number of nitrogens with one attached hydrogen (secondary N) is 2. The molecule has 0 aliphatic carbocycles. The van der Waals surface area contributed by atoms with Gasteiger partial charge in [0, 0.05) is 34.8 Å². The molecule has 2 aromatic heterocycles. The van der Waals surface area contributed by atoms with Crippen LogP contribution in [0.5, 0.6) is 0 Å². The van der Waals surface area contributed by atoms with Crippen molar-refractivity contribution in [2.24, 2.45) is 0 Å². The number of aromatic amines is 1. The minimum atomic E-state index is -0.667. The Morgan fingerprint density at radius 3 is 2.54 bits per heavy atom. The summed E-state index contributed by atoms with van der Waals surface area (Å²) in [5.41, 5.74) is 5.00. The number of aliphatic hydroxyl groups is 1. The molecule has 2 heterocycles. The molecule has 0 fully saturated rings. The number of imidazole rings is 1. The first-order valence-corrected chi connectivity index (χ1v) is 13.8. The van der Waals surface area contributed by atoms with Crippen molar-refractivity contribution in [1.82, 2.24) is 19.4 Å². The van der Waals surface area contributed by atoms with Crippen molar-refractivity contribution in [3.63, 3.8) is 0 Å². The van der Waals surface area contributed by atoms with Gasteiger partial charge in [-0.1, -0.05) is 42.5 Å². The Morgan fingerprint density at radius 2 is 1.80 bits per heavy atom. The van der Waals surface area contributed by atoms with Crippen LogP contribution in [0.4, 0.5) is 0 Å². The molecule has 3 N–H and O–H groups in total. The van der Waals surface area contributed by atoms with E-state index in [0.29, 0.717) is 16.6 Å². The smallest absolute Gasteiger partial charge is 0.330 e. The molecular formula is C32H34N4O5. The third-order valence-electron chi connectivity index (χ3n) is 7.51. The van der Waals surface area contributed by atoms with E-state index in [1.165, 1.54) is 0 Å². The Balaban J connectivity index is 1.76. The number of hydrogen-bond acceptors (Lipinski definition) is 5. The fourth-order valence-electron chi connectivity index (χ4n) is 5.61. The summed E-state index contributed by atoms with van der Waals surface area (Å²) < 4.78 is 8.62. The molecule has 0 bridgehead atoms. The van der Waals surface area contributed by atoms with E-state index in [1.807, 2.05) is 68.6 Å². The molecule has 0 saturated heterocycles. The molecule has 1 unspecified atom stereocenters. The molecule has 3 aromatic carbocycles. The zero-order valence-corrected chi connectivity index (χ0v) is 23.4. The summed E-state index contributed by atoms with van der Waals surface area (Å²) >= 11 is 0. The van der Waals surface area contributed by atoms with Crippen molar-refractivity contribution < 1.29 is 19.4 Å². The molecule has 9 nitrogen and oxygen atoms in total. The summed E-state index contributed by atoms with van der Waals surface area (Å²) in [5.74, 6) is -0.791. The summed E-state index contributed by atoms with van der Waals surface area (Å²) in [7, 11) is 0. The molecule has 0 saturated carbocycles. The number of hydrogen-bond donors (Lipinski definition) is 3. The normalized spacial score (nSPS) is 12.9. The maximum absolute atomic E-state index is 14.5. The van der Waals surface area contributed by atoms with Gasteiger partial charge in [0.25, 0.3) is 5.91 Å². The number of fused-ring (bicyclic) bond motifs is 2. The van der Waals surface area contributed by atoms with E-state index in [9.17, 15) is 19.5 Å². The van der Waals surface area contributed by atoms with Crippen molar-refractivity contribution in [2.75, 3.05) is 19.8 Å². The molecule has 212 valence electrons. The minimum Gasteiger partial charge on any atom is -0.466 e. The predicted molar refractivity (Wildman–Crippen MR) is 158 cm³/mol. The van der Waals surface area contributed by atoms with Crippen molar-refractivity contribution >= 4 is 33.8 Å². The second kappa shape index (κ2) is 11.9. The maximum atomic E-state index is 14.5. The highest BCUT2D eigenvalue weighted by Gasteiger charge is 2.28. The van der Waals surface area contributed by atoms with E-state index >= 15 is 0 Å². The number of H-pyrrole nitrogens is 1. The maximum Gasteiger partial charge on any atom is 0.330 e. The summed E-state index contributed by atoms with van der Waals surface area (Å²) in [6.07, 6.45) is 1.88. The molecule has 9 heteroatoms. The first-order valence-electron chi connectivity index (χ1n) is 13.8. The minimum absolute atomic E-state index is 0.0572. The molecule has 5 rings (SSSR count). The van der Waals surface area contributed by atoms with Gasteiger partial charge in [-0.2, -0.15) is 0 Å². The van der Waals surface area contributed by atoms with Crippen LogP contribution in [-0.4, -0.2) is 50.9 Å². The van der Waals surface area contributed by atoms with Crippen LogP contribution < -0.4 is 11.0 Å². The van der Waals surface area contributed by atoms with E-state index in [4.69, 9.17) is 4.74 Å². The van der Waals surface area contributed by atoms with Crippen molar-refractivity contribution in [3.05, 3.63) is 106 Å². The number of benzene rings is 3. The highest BCUT2D eigenvalue weighted by Crippen LogP contribution is 2.33. The van der Waals surface area contributed by atoms with E-state index in [-0.39, 0.29) is 43.8 Å². The Labute approximate surface area is 237 Å². The average molecular weight is 555 g/mol. The number of aromatic nitrogens is 3. The quantitative estimate of drug-likeness (QED) is 0.220. The highest BCUT2D eigenvalue weighted by molar-refractivity contribution is 5.97. The van der Waals surface area contributed by atoms with E-state index in [2.05, 4.69) is 10.3 Å². The molecule has 0 aliphatic heterocycles. The van der Waals surface area contributed by atoms with Gasteiger partial charge >= 0.3 is 11.7 Å². The van der Waals surface area contributed by atoms with Crippen LogP contribution in [0.25, 0.3) is 21.9 Å². The first kappa shape index (κ1) is 27.9. The Kier molecular flexibility index (Phi) is 8.07. The number of carbonyl (C=O) groups is 2. The van der Waals surface area contributed by atoms with Gasteiger partial charge in [0.2, 0.25) is 0 Å². The Bertz CT molecular complexity index is 1770. The SMILES string of the molecule is CCOC(=O)C[C@H](c1ccccc1)n1c(=O)n(C(C)c2c[nH]c3cccc(C)c23)c2ccc(C(=O)NCCO)cc21. The number of carbonyl (C=O) groups excluding carboxylic acids is 2. The van der Waals surface area contributed by atoms with Gasteiger partial charge in [0.05, 0.1) is 42.8 Å². The Hall–Kier alpha value is -4.63. The second-order valence-corrected chi connectivity index (χ2v) is 10.1. The fraction of sp³-hybridized carbons (Fsp3) is 0.281. The van der Waals surface area contributed by atoms with Crippen LogP contribution >= 0.6 is 0 Å². The third-order valence-corrected chi connectivity index (χ3v) is 7.51. The van der Waals surface area contributed by atoms with Gasteiger partial charge in [-0.15, -0.1) is 0 Å². The second-order valence-electron chi connectivity index (χ2n) is 10.1. The van der Waals surface area contributed by atoms with Crippen molar-refractivity contribution in [1.29, 1.82) is 0 Å². The van der Waals surface area contributed by atoms with Gasteiger partial charge in [-0.25, -0.2) is 4.79 Å². The van der Waals surface area contributed by atoms with Crippen LogP contribution in [0.3, 0.4) is 0 Å². The van der Waals surface area contributed by atoms with Gasteiger partial charge in [0.1, 0.15) is 0 Å². The largest absolute Gasteiger partial charge is 0.466 e. The van der Waals surface area contributed by atoms with E-state index < -0.39 is 12.0 Å². The average Bonchev–Trinajstić information content (AvgIpc) is 3.54. The molecule has 0 aliphatic rings. The zero-order chi connectivity index (χ0) is 29.1. The lowest BCUT2D eigenvalue weighted by Gasteiger charge is -2.19. The number of nitrogens with zero attached hydrogens (tertiary/aromatic N) is 2. The topological polar surface area (TPSA) is 118 Å². The molecule has 41 heavy (non-hydrogen) atoms. The highest BCUT2D eigenvalue weighted by atomic mass is 16.5. The van der Waals surface area contributed by atoms with Gasteiger partial charge in [-0.05, 0) is 56.2 Å². The third kappa shape index (κ3) is 5.28. The first-order chi connectivity index (χ1) is 19.8. The van der Waals surface area contributed by atoms with Crippen LogP contribution in [0.15, 0.2) is 77.7 Å². The molecular weight excluding hydrogens is 520 g/mol. The summed E-state index contributed by atoms with van der Waals surface area (Å²) in [6.45, 7) is 5.91. The number of amides is 1. The summed E-state index contributed by atoms with van der Waals surface area (Å²) in [4.78, 5) is 43.5. The van der Waals surface area contributed by atoms with Crippen LogP contribution in [0.1, 0.15) is 59.4 Å². The number of aliphatic hydroxyl groups excluding tert-OH is 1. The number of aryl methyl sites for hydroxylation is 1. The van der Waals surface area contributed by atoms with Crippen LogP contribution in [0, 0.1) is 6.92 Å². The number of ether oxygens (including phenoxy) is 1. The molecule has 0 spiro atoms. The fourth-order valence-corrected chi connectivity index (χ4v) is 5.61. The van der Waals surface area contributed by atoms with Crippen molar-refractivity contribution in [3.8, 4) is 0 Å². The molecule has 0 radical (unpaired) electrons. The van der Waals surface area contributed by atoms with E-state index in [0.717, 1.165) is 27.6 Å². The predicted octanol–water partition coefficient (Wildman–Crippen LogP) is 4.47. The number of esters is 1. The zero-order valence-electron chi connectivity index (χ0n) is 23.4. The number of rotatable bonds is 10. The van der Waals surface area contributed by atoms with Gasteiger partial charge in [0.15, 0.2) is 0 Å². The van der Waals surface area contributed by atoms with E-state index in [1.54, 1.807) is 34.3 Å². The van der Waals surface area contributed by atoms with Crippen molar-refractivity contribution in [2.45, 2.75) is 39.3 Å². The van der Waals surface area contributed by atoms with Crippen LogP contribution in [-0.2, 0) is 9.53 Å². The summed E-state index contributed by atoms with van der Waals surface area (Å²) in [5, 5.41) is 12.9. The monoisotopic (exact) mass is 554 g/mol. The summed E-state index contributed by atoms with van der Waals surface area (Å²) in [6, 6.07) is 19.5. The molecule has 5 aromatic rings. The van der Waals surface area contributed by atoms with Gasteiger partial charge < -0.3 is 20.1 Å². The Morgan fingerprint density at radius 1 is 1.02 bits per heavy atom.